The number of aliphatic hydroxyl groups excluding tert-OH is 1. The molecule has 0 spiro atoms. The summed E-state index contributed by atoms with van der Waals surface area (Å²) in [7, 11) is 0. The summed E-state index contributed by atoms with van der Waals surface area (Å²) in [6, 6.07) is -0.219. The summed E-state index contributed by atoms with van der Waals surface area (Å²) in [5.41, 5.74) is 0. The van der Waals surface area contributed by atoms with E-state index >= 15 is 0 Å². The lowest BCUT2D eigenvalue weighted by Gasteiger charge is -2.17. The first kappa shape index (κ1) is 9.68. The molecule has 0 bridgehead atoms. The Bertz CT molecular complexity index is 244. The van der Waals surface area contributed by atoms with Crippen molar-refractivity contribution in [2.75, 3.05) is 13.2 Å². The van der Waals surface area contributed by atoms with Crippen LogP contribution in [0.2, 0.25) is 0 Å². The third-order valence-electron chi connectivity index (χ3n) is 2.76. The van der Waals surface area contributed by atoms with E-state index in [4.69, 9.17) is 4.74 Å². The molecule has 1 aliphatic carbocycles. The fraction of sp³-hybridized carbons (Fsp3) is 0.700. The lowest BCUT2D eigenvalue weighted by Crippen LogP contribution is -2.44. The number of carbonyl (C=O) groups is 1. The van der Waals surface area contributed by atoms with E-state index < -0.39 is 6.10 Å². The second-order valence-electron chi connectivity index (χ2n) is 3.86. The van der Waals surface area contributed by atoms with Gasteiger partial charge in [-0.2, -0.15) is 0 Å². The van der Waals surface area contributed by atoms with Crippen LogP contribution in [0.5, 0.6) is 0 Å². The standard InChI is InChI=1S/C10H15NO3/c12-9-6-14-5-8(9)11-10(13)7-3-1-2-4-7/h1-2,7-9,12H,3-6H2,(H,11,13). The van der Waals surface area contributed by atoms with Crippen molar-refractivity contribution in [1.29, 1.82) is 0 Å². The van der Waals surface area contributed by atoms with Crippen molar-refractivity contribution >= 4 is 5.91 Å². The van der Waals surface area contributed by atoms with E-state index in [1.165, 1.54) is 0 Å². The number of ether oxygens (including phenoxy) is 1. The van der Waals surface area contributed by atoms with Crippen LogP contribution >= 0.6 is 0 Å². The Morgan fingerprint density at radius 2 is 2.07 bits per heavy atom. The highest BCUT2D eigenvalue weighted by Gasteiger charge is 2.29. The second kappa shape index (κ2) is 4.11. The van der Waals surface area contributed by atoms with Crippen LogP contribution in [0.25, 0.3) is 0 Å². The van der Waals surface area contributed by atoms with Crippen LogP contribution in [-0.4, -0.2) is 36.4 Å². The summed E-state index contributed by atoms with van der Waals surface area (Å²) in [4.78, 5) is 11.6. The van der Waals surface area contributed by atoms with Crippen molar-refractivity contribution in [2.45, 2.75) is 25.0 Å². The van der Waals surface area contributed by atoms with Gasteiger partial charge in [-0.1, -0.05) is 12.2 Å². The van der Waals surface area contributed by atoms with E-state index in [2.05, 4.69) is 5.32 Å². The second-order valence-corrected chi connectivity index (χ2v) is 3.86. The van der Waals surface area contributed by atoms with Gasteiger partial charge in [0.15, 0.2) is 0 Å². The van der Waals surface area contributed by atoms with Crippen LogP contribution in [0.3, 0.4) is 0 Å². The molecule has 1 amide bonds. The Morgan fingerprint density at radius 3 is 2.64 bits per heavy atom. The summed E-state index contributed by atoms with van der Waals surface area (Å²) in [6.45, 7) is 0.751. The van der Waals surface area contributed by atoms with Gasteiger partial charge in [0.25, 0.3) is 0 Å². The third kappa shape index (κ3) is 1.96. The smallest absolute Gasteiger partial charge is 0.224 e. The number of carbonyl (C=O) groups excluding carboxylic acids is 1. The average molecular weight is 197 g/mol. The highest BCUT2D eigenvalue weighted by atomic mass is 16.5. The molecule has 1 saturated heterocycles. The molecular formula is C10H15NO3. The van der Waals surface area contributed by atoms with Crippen molar-refractivity contribution in [2.24, 2.45) is 5.92 Å². The van der Waals surface area contributed by atoms with E-state index in [-0.39, 0.29) is 17.9 Å². The summed E-state index contributed by atoms with van der Waals surface area (Å²) in [5, 5.41) is 12.2. The molecule has 0 aromatic carbocycles. The van der Waals surface area contributed by atoms with E-state index in [1.807, 2.05) is 12.2 Å². The molecule has 2 N–H and O–H groups in total. The Balaban J connectivity index is 1.81. The molecule has 0 saturated carbocycles. The first-order valence-corrected chi connectivity index (χ1v) is 4.98. The van der Waals surface area contributed by atoms with Crippen LogP contribution < -0.4 is 5.32 Å². The van der Waals surface area contributed by atoms with Gasteiger partial charge in [-0.3, -0.25) is 4.79 Å². The maximum atomic E-state index is 11.6. The lowest BCUT2D eigenvalue weighted by molar-refractivity contribution is -0.125. The molecule has 2 unspecified atom stereocenters. The zero-order valence-corrected chi connectivity index (χ0v) is 7.98. The van der Waals surface area contributed by atoms with Gasteiger partial charge >= 0.3 is 0 Å². The maximum Gasteiger partial charge on any atom is 0.224 e. The molecule has 4 heteroatoms. The minimum Gasteiger partial charge on any atom is -0.388 e. The van der Waals surface area contributed by atoms with Crippen molar-refractivity contribution in [3.8, 4) is 0 Å². The number of aliphatic hydroxyl groups is 1. The molecule has 2 atom stereocenters. The van der Waals surface area contributed by atoms with Crippen LogP contribution in [-0.2, 0) is 9.53 Å². The van der Waals surface area contributed by atoms with E-state index in [1.54, 1.807) is 0 Å². The van der Waals surface area contributed by atoms with Gasteiger partial charge in [-0.05, 0) is 12.8 Å². The normalized spacial score (nSPS) is 32.4. The van der Waals surface area contributed by atoms with Crippen LogP contribution in [0.1, 0.15) is 12.8 Å². The van der Waals surface area contributed by atoms with Gasteiger partial charge in [-0.15, -0.1) is 0 Å². The molecule has 1 aliphatic heterocycles. The number of hydrogen-bond donors (Lipinski definition) is 2. The van der Waals surface area contributed by atoms with E-state index in [0.717, 1.165) is 12.8 Å². The van der Waals surface area contributed by atoms with Gasteiger partial charge in [0.2, 0.25) is 5.91 Å². The van der Waals surface area contributed by atoms with Crippen molar-refractivity contribution < 1.29 is 14.6 Å². The molecular weight excluding hydrogens is 182 g/mol. The molecule has 78 valence electrons. The van der Waals surface area contributed by atoms with Crippen molar-refractivity contribution in [3.05, 3.63) is 12.2 Å². The Hall–Kier alpha value is -0.870. The van der Waals surface area contributed by atoms with Gasteiger partial charge in [0.05, 0.1) is 25.4 Å². The fourth-order valence-corrected chi connectivity index (χ4v) is 1.81. The highest BCUT2D eigenvalue weighted by Crippen LogP contribution is 2.18. The molecule has 1 fully saturated rings. The molecule has 1 heterocycles. The van der Waals surface area contributed by atoms with Crippen molar-refractivity contribution in [1.82, 2.24) is 5.32 Å². The number of hydrogen-bond acceptors (Lipinski definition) is 3. The topological polar surface area (TPSA) is 58.6 Å². The monoisotopic (exact) mass is 197 g/mol. The van der Waals surface area contributed by atoms with Gasteiger partial charge < -0.3 is 15.2 Å². The van der Waals surface area contributed by atoms with Gasteiger partial charge in [-0.25, -0.2) is 0 Å². The Morgan fingerprint density at radius 1 is 1.36 bits per heavy atom. The predicted octanol–water partition coefficient (Wildman–Crippen LogP) is -0.172. The third-order valence-corrected chi connectivity index (χ3v) is 2.76. The van der Waals surface area contributed by atoms with Crippen LogP contribution in [0, 0.1) is 5.92 Å². The van der Waals surface area contributed by atoms with Gasteiger partial charge in [0, 0.05) is 5.92 Å². The minimum absolute atomic E-state index is 0.0320. The lowest BCUT2D eigenvalue weighted by atomic mass is 10.1. The first-order chi connectivity index (χ1) is 6.77. The first-order valence-electron chi connectivity index (χ1n) is 4.98. The van der Waals surface area contributed by atoms with Gasteiger partial charge in [0.1, 0.15) is 0 Å². The number of allylic oxidation sites excluding steroid dienone is 2. The Kier molecular flexibility index (Phi) is 2.84. The molecule has 0 radical (unpaired) electrons. The molecule has 14 heavy (non-hydrogen) atoms. The van der Waals surface area contributed by atoms with E-state index in [9.17, 15) is 9.90 Å². The maximum absolute atomic E-state index is 11.6. The quantitative estimate of drug-likeness (QED) is 0.604. The predicted molar refractivity (Wildman–Crippen MR) is 50.6 cm³/mol. The minimum atomic E-state index is -0.548. The summed E-state index contributed by atoms with van der Waals surface area (Å²) in [6.07, 6.45) is 5.12. The molecule has 4 nitrogen and oxygen atoms in total. The largest absolute Gasteiger partial charge is 0.388 e. The molecule has 2 rings (SSSR count). The number of amides is 1. The zero-order chi connectivity index (χ0) is 9.97. The number of nitrogens with one attached hydrogen (secondary N) is 1. The summed E-state index contributed by atoms with van der Waals surface area (Å²) in [5.74, 6) is 0.0901. The molecule has 0 aromatic rings. The summed E-state index contributed by atoms with van der Waals surface area (Å²) >= 11 is 0. The Labute approximate surface area is 82.9 Å². The SMILES string of the molecule is O=C(NC1COCC1O)C1CC=CC1. The zero-order valence-electron chi connectivity index (χ0n) is 7.98. The molecule has 2 aliphatic rings. The van der Waals surface area contributed by atoms with Crippen LogP contribution in [0.15, 0.2) is 12.2 Å². The van der Waals surface area contributed by atoms with E-state index in [0.29, 0.717) is 13.2 Å². The fourth-order valence-electron chi connectivity index (χ4n) is 1.81. The summed E-state index contributed by atoms with van der Waals surface area (Å²) < 4.78 is 5.05. The van der Waals surface area contributed by atoms with Crippen molar-refractivity contribution in [3.63, 3.8) is 0 Å². The highest BCUT2D eigenvalue weighted by molar-refractivity contribution is 5.79. The number of rotatable bonds is 2. The molecule has 0 aromatic heterocycles. The average Bonchev–Trinajstić information content (AvgIpc) is 2.77. The van der Waals surface area contributed by atoms with Crippen LogP contribution in [0.4, 0.5) is 0 Å².